The van der Waals surface area contributed by atoms with Gasteiger partial charge in [-0.25, -0.2) is 4.98 Å². The van der Waals surface area contributed by atoms with Gasteiger partial charge in [0.2, 0.25) is 5.91 Å². The number of ether oxygens (including phenoxy) is 1. The highest BCUT2D eigenvalue weighted by Crippen LogP contribution is 2.33. The first-order chi connectivity index (χ1) is 18.4. The maximum atomic E-state index is 12.9. The van der Waals surface area contributed by atoms with Gasteiger partial charge in [-0.3, -0.25) is 9.59 Å². The lowest BCUT2D eigenvalue weighted by Gasteiger charge is -2.33. The molecule has 1 fully saturated rings. The number of carbonyl (C=O) groups excluding carboxylic acids is 2. The van der Waals surface area contributed by atoms with E-state index in [9.17, 15) is 9.59 Å². The molecule has 1 aliphatic rings. The Hall–Kier alpha value is -4.14. The number of benzene rings is 2. The number of fused-ring (bicyclic) bond motifs is 1. The fourth-order valence-corrected chi connectivity index (χ4v) is 4.60. The van der Waals surface area contributed by atoms with Gasteiger partial charge in [-0.2, -0.15) is 0 Å². The van der Waals surface area contributed by atoms with Crippen LogP contribution in [0, 0.1) is 0 Å². The Morgan fingerprint density at radius 1 is 1.16 bits per heavy atom. The molecule has 0 spiro atoms. The van der Waals surface area contributed by atoms with E-state index < -0.39 is 0 Å². The van der Waals surface area contributed by atoms with E-state index in [4.69, 9.17) is 26.5 Å². The third-order valence-corrected chi connectivity index (χ3v) is 6.67. The first kappa shape index (κ1) is 25.5. The minimum atomic E-state index is -0.268. The van der Waals surface area contributed by atoms with Crippen molar-refractivity contribution >= 4 is 46.3 Å². The fourth-order valence-electron chi connectivity index (χ4n) is 4.34. The van der Waals surface area contributed by atoms with Gasteiger partial charge in [0.05, 0.1) is 30.8 Å². The van der Waals surface area contributed by atoms with Crippen LogP contribution in [0.25, 0.3) is 28.2 Å². The fraction of sp³-hybridized carbons (Fsp3) is 0.207. The number of nitrogens with one attached hydrogen (secondary N) is 1. The van der Waals surface area contributed by atoms with Crippen molar-refractivity contribution in [1.82, 2.24) is 15.2 Å². The van der Waals surface area contributed by atoms with E-state index in [0.717, 1.165) is 22.1 Å². The third kappa shape index (κ3) is 5.72. The highest BCUT2D eigenvalue weighted by Gasteiger charge is 2.24. The molecule has 1 aliphatic heterocycles. The molecule has 1 atom stereocenters. The molecular weight excluding hydrogens is 504 g/mol. The topological polar surface area (TPSA) is 111 Å². The minimum absolute atomic E-state index is 0.00216. The molecule has 4 aromatic rings. The Morgan fingerprint density at radius 3 is 2.71 bits per heavy atom. The largest absolute Gasteiger partial charge is 0.458 e. The molecule has 0 bridgehead atoms. The molecule has 0 radical (unpaired) electrons. The molecule has 0 aliphatic carbocycles. The van der Waals surface area contributed by atoms with Gasteiger partial charge in [-0.15, -0.1) is 0 Å². The van der Waals surface area contributed by atoms with Crippen molar-refractivity contribution in [3.8, 4) is 11.1 Å². The molecular formula is C29H27ClN4O4. The van der Waals surface area contributed by atoms with Crippen molar-refractivity contribution in [3.63, 3.8) is 0 Å². The average Bonchev–Trinajstić information content (AvgIpc) is 3.35. The number of hydrogen-bond acceptors (Lipinski definition) is 6. The summed E-state index contributed by atoms with van der Waals surface area (Å²) in [6.45, 7) is 3.90. The van der Waals surface area contributed by atoms with Crippen LogP contribution < -0.4 is 11.1 Å². The molecule has 0 saturated carbocycles. The van der Waals surface area contributed by atoms with E-state index in [2.05, 4.69) is 10.3 Å². The van der Waals surface area contributed by atoms with Crippen LogP contribution in [0.3, 0.4) is 0 Å². The molecule has 8 nitrogen and oxygen atoms in total. The summed E-state index contributed by atoms with van der Waals surface area (Å²) in [5, 5.41) is 4.09. The molecule has 1 saturated heterocycles. The second kappa shape index (κ2) is 11.1. The number of amides is 2. The van der Waals surface area contributed by atoms with Gasteiger partial charge in [0.1, 0.15) is 11.6 Å². The van der Waals surface area contributed by atoms with Crippen LogP contribution in [0.5, 0.6) is 0 Å². The normalized spacial score (nSPS) is 15.7. The Bertz CT molecular complexity index is 1500. The van der Waals surface area contributed by atoms with Crippen molar-refractivity contribution in [3.05, 3.63) is 88.8 Å². The predicted octanol–water partition coefficient (Wildman–Crippen LogP) is 4.92. The van der Waals surface area contributed by atoms with Crippen LogP contribution in [0.2, 0.25) is 5.02 Å². The zero-order chi connectivity index (χ0) is 26.6. The van der Waals surface area contributed by atoms with Gasteiger partial charge in [-0.05, 0) is 72.2 Å². The second-order valence-corrected chi connectivity index (χ2v) is 9.56. The van der Waals surface area contributed by atoms with Crippen LogP contribution in [-0.2, 0) is 16.1 Å². The number of morpholine rings is 1. The highest BCUT2D eigenvalue weighted by molar-refractivity contribution is 6.35. The average molecular weight is 531 g/mol. The van der Waals surface area contributed by atoms with E-state index in [0.29, 0.717) is 47.5 Å². The lowest BCUT2D eigenvalue weighted by atomic mass is 10.0. The Morgan fingerprint density at radius 2 is 1.97 bits per heavy atom. The van der Waals surface area contributed by atoms with Crippen LogP contribution in [0.1, 0.15) is 28.6 Å². The van der Waals surface area contributed by atoms with Crippen LogP contribution in [-0.4, -0.2) is 47.5 Å². The number of anilines is 1. The number of aromatic nitrogens is 1. The standard InChI is InChI=1S/C29H27ClN4O4/c1-18-17-37-11-10-34(18)29(36)21-6-4-20(5-7-21)22-12-23-13-24(38-28(23)25(30)14-22)16-33-27(35)9-3-19-2-8-26(31)32-15-19/h2-9,12-15,18H,10-11,16-17H2,1H3,(H2,31,32)(H,33,35)/b9-3+/t18-/m0/s1. The Labute approximate surface area is 225 Å². The Balaban J connectivity index is 1.26. The molecule has 38 heavy (non-hydrogen) atoms. The van der Waals surface area contributed by atoms with Crippen molar-refractivity contribution in [2.45, 2.75) is 19.5 Å². The highest BCUT2D eigenvalue weighted by atomic mass is 35.5. The van der Waals surface area contributed by atoms with Gasteiger partial charge in [0, 0.05) is 29.8 Å². The number of carbonyl (C=O) groups is 2. The summed E-state index contributed by atoms with van der Waals surface area (Å²) in [5.41, 5.74) is 9.36. The predicted molar refractivity (Wildman–Crippen MR) is 148 cm³/mol. The molecule has 194 valence electrons. The molecule has 2 aromatic heterocycles. The number of nitrogens with two attached hydrogens (primary N) is 1. The molecule has 2 amide bonds. The second-order valence-electron chi connectivity index (χ2n) is 9.16. The van der Waals surface area contributed by atoms with Crippen molar-refractivity contribution in [2.24, 2.45) is 0 Å². The van der Waals surface area contributed by atoms with E-state index in [-0.39, 0.29) is 24.4 Å². The maximum Gasteiger partial charge on any atom is 0.254 e. The van der Waals surface area contributed by atoms with E-state index in [1.54, 1.807) is 24.4 Å². The van der Waals surface area contributed by atoms with Crippen molar-refractivity contribution in [1.29, 1.82) is 0 Å². The summed E-state index contributed by atoms with van der Waals surface area (Å²) >= 11 is 6.54. The first-order valence-corrected chi connectivity index (χ1v) is 12.6. The van der Waals surface area contributed by atoms with E-state index in [1.807, 2.05) is 54.3 Å². The number of nitrogen functional groups attached to an aromatic ring is 1. The molecule has 9 heteroatoms. The monoisotopic (exact) mass is 530 g/mol. The lowest BCUT2D eigenvalue weighted by Crippen LogP contribution is -2.47. The molecule has 2 aromatic carbocycles. The zero-order valence-corrected chi connectivity index (χ0v) is 21.6. The van der Waals surface area contributed by atoms with Gasteiger partial charge in [0.15, 0.2) is 5.58 Å². The molecule has 0 unspecified atom stereocenters. The number of nitrogens with zero attached hydrogens (tertiary/aromatic N) is 2. The number of furan rings is 1. The third-order valence-electron chi connectivity index (χ3n) is 6.39. The summed E-state index contributed by atoms with van der Waals surface area (Å²) in [5.74, 6) is 0.733. The van der Waals surface area contributed by atoms with Crippen molar-refractivity contribution in [2.75, 3.05) is 25.5 Å². The minimum Gasteiger partial charge on any atom is -0.458 e. The smallest absolute Gasteiger partial charge is 0.254 e. The zero-order valence-electron chi connectivity index (χ0n) is 20.8. The molecule has 3 N–H and O–H groups in total. The van der Waals surface area contributed by atoms with Gasteiger partial charge in [-0.1, -0.05) is 23.7 Å². The van der Waals surface area contributed by atoms with Gasteiger partial charge < -0.3 is 25.1 Å². The first-order valence-electron chi connectivity index (χ1n) is 12.3. The number of rotatable bonds is 6. The summed E-state index contributed by atoms with van der Waals surface area (Å²) in [6.07, 6.45) is 4.67. The van der Waals surface area contributed by atoms with E-state index >= 15 is 0 Å². The lowest BCUT2D eigenvalue weighted by molar-refractivity contribution is -0.116. The van der Waals surface area contributed by atoms with Gasteiger partial charge in [0.25, 0.3) is 5.91 Å². The number of pyridine rings is 1. The van der Waals surface area contributed by atoms with Crippen LogP contribution in [0.4, 0.5) is 5.82 Å². The molecule has 3 heterocycles. The summed E-state index contributed by atoms with van der Waals surface area (Å²) in [7, 11) is 0. The summed E-state index contributed by atoms with van der Waals surface area (Å²) in [6, 6.07) is 16.7. The number of hydrogen-bond donors (Lipinski definition) is 2. The molecule has 5 rings (SSSR count). The Kier molecular flexibility index (Phi) is 7.44. The number of halogens is 1. The quantitative estimate of drug-likeness (QED) is 0.342. The van der Waals surface area contributed by atoms with Crippen LogP contribution in [0.15, 0.2) is 71.3 Å². The van der Waals surface area contributed by atoms with Gasteiger partial charge >= 0.3 is 0 Å². The maximum absolute atomic E-state index is 12.9. The SMILES string of the molecule is C[C@H]1COCCN1C(=O)c1ccc(-c2cc(Cl)c3oc(CNC(=O)/C=C/c4ccc(N)nc4)cc3c2)cc1. The van der Waals surface area contributed by atoms with Crippen LogP contribution >= 0.6 is 11.6 Å². The van der Waals surface area contributed by atoms with E-state index in [1.165, 1.54) is 6.08 Å². The summed E-state index contributed by atoms with van der Waals surface area (Å²) in [4.78, 5) is 31.0. The van der Waals surface area contributed by atoms with Crippen molar-refractivity contribution < 1.29 is 18.7 Å². The summed E-state index contributed by atoms with van der Waals surface area (Å²) < 4.78 is 11.3.